The van der Waals surface area contributed by atoms with Gasteiger partial charge in [-0.3, -0.25) is 19.1 Å². The zero-order valence-corrected chi connectivity index (χ0v) is 23.3. The van der Waals surface area contributed by atoms with E-state index in [1.54, 1.807) is 37.1 Å². The molecule has 200 valence electrons. The predicted octanol–water partition coefficient (Wildman–Crippen LogP) is 3.66. The Bertz CT molecular complexity index is 1360. The van der Waals surface area contributed by atoms with Crippen molar-refractivity contribution < 1.29 is 13.9 Å². The van der Waals surface area contributed by atoms with Gasteiger partial charge in [-0.2, -0.15) is 5.26 Å². The number of aromatic nitrogens is 1. The Morgan fingerprint density at radius 1 is 1.16 bits per heavy atom. The second-order valence-corrected chi connectivity index (χ2v) is 10.7. The second-order valence-electron chi connectivity index (χ2n) is 9.05. The summed E-state index contributed by atoms with van der Waals surface area (Å²) in [5, 5.41) is 9.72. The van der Waals surface area contributed by atoms with E-state index in [1.807, 2.05) is 13.0 Å². The monoisotopic (exact) mass is 555 g/mol. The molecular weight excluding hydrogens is 525 g/mol. The molecule has 2 fully saturated rings. The lowest BCUT2D eigenvalue weighted by Crippen LogP contribution is -2.48. The van der Waals surface area contributed by atoms with Gasteiger partial charge in [0.15, 0.2) is 0 Å². The Labute approximate surface area is 231 Å². The molecule has 0 unspecified atom stereocenters. The maximum atomic E-state index is 13.4. The number of nitrogens with zero attached hydrogens (tertiary/aromatic N) is 5. The first-order chi connectivity index (χ1) is 18.3. The van der Waals surface area contributed by atoms with Crippen LogP contribution in [0, 0.1) is 24.1 Å². The van der Waals surface area contributed by atoms with E-state index in [1.165, 1.54) is 28.5 Å². The van der Waals surface area contributed by atoms with E-state index in [2.05, 4.69) is 9.80 Å². The highest BCUT2D eigenvalue weighted by atomic mass is 32.2. The van der Waals surface area contributed by atoms with Gasteiger partial charge < -0.3 is 14.5 Å². The highest BCUT2D eigenvalue weighted by Gasteiger charge is 2.33. The minimum absolute atomic E-state index is 0.0552. The van der Waals surface area contributed by atoms with Crippen molar-refractivity contribution in [2.75, 3.05) is 55.7 Å². The highest BCUT2D eigenvalue weighted by Crippen LogP contribution is 2.36. The zero-order valence-electron chi connectivity index (χ0n) is 21.7. The van der Waals surface area contributed by atoms with Crippen LogP contribution in [0.1, 0.15) is 30.0 Å². The molecule has 0 saturated carbocycles. The number of amides is 1. The van der Waals surface area contributed by atoms with Crippen LogP contribution in [0.25, 0.3) is 6.08 Å². The summed E-state index contributed by atoms with van der Waals surface area (Å²) in [6.07, 6.45) is 2.44. The average molecular weight is 556 g/mol. The molecule has 11 heteroatoms. The lowest BCUT2D eigenvalue weighted by molar-refractivity contribution is -0.122. The predicted molar refractivity (Wildman–Crippen MR) is 153 cm³/mol. The molecule has 0 bridgehead atoms. The third-order valence-electron chi connectivity index (χ3n) is 6.76. The van der Waals surface area contributed by atoms with Crippen LogP contribution in [0.2, 0.25) is 0 Å². The topological polar surface area (TPSA) is 81.8 Å². The largest absolute Gasteiger partial charge is 0.382 e. The smallest absolute Gasteiger partial charge is 0.270 e. The van der Waals surface area contributed by atoms with E-state index >= 15 is 0 Å². The van der Waals surface area contributed by atoms with Crippen molar-refractivity contribution in [3.63, 3.8) is 0 Å². The Morgan fingerprint density at radius 2 is 1.82 bits per heavy atom. The summed E-state index contributed by atoms with van der Waals surface area (Å²) in [6, 6.07) is 8.45. The number of ether oxygens (including phenoxy) is 1. The molecular formula is C27H30FN5O3S2. The van der Waals surface area contributed by atoms with Crippen molar-refractivity contribution in [2.24, 2.45) is 7.05 Å². The number of hydrogen-bond acceptors (Lipinski definition) is 8. The lowest BCUT2D eigenvalue weighted by Gasteiger charge is -2.38. The Kier molecular flexibility index (Phi) is 8.87. The molecule has 0 radical (unpaired) electrons. The summed E-state index contributed by atoms with van der Waals surface area (Å²) in [6.45, 7) is 7.85. The van der Waals surface area contributed by atoms with Gasteiger partial charge in [-0.05, 0) is 56.2 Å². The first-order valence-corrected chi connectivity index (χ1v) is 13.7. The number of carbonyl (C=O) groups excluding carboxylic acids is 1. The SMILES string of the molecule is CCOCCCN1C(=O)C(=Cc2c(C)c(C#N)c(=O)n(C)c2N2CCN(c3ccc(F)cc3)CC2)SC1=S. The Morgan fingerprint density at radius 3 is 2.45 bits per heavy atom. The molecule has 4 rings (SSSR count). The summed E-state index contributed by atoms with van der Waals surface area (Å²) >= 11 is 6.71. The molecule has 38 heavy (non-hydrogen) atoms. The maximum absolute atomic E-state index is 13.4. The number of benzene rings is 1. The number of hydrogen-bond donors (Lipinski definition) is 0. The fraction of sp³-hybridized carbons (Fsp3) is 0.407. The van der Waals surface area contributed by atoms with Crippen LogP contribution >= 0.6 is 24.0 Å². The number of pyridine rings is 1. The number of nitriles is 1. The van der Waals surface area contributed by atoms with E-state index in [0.29, 0.717) is 78.5 Å². The molecule has 0 N–H and O–H groups in total. The van der Waals surface area contributed by atoms with E-state index in [9.17, 15) is 19.2 Å². The van der Waals surface area contributed by atoms with Gasteiger partial charge in [0.2, 0.25) is 0 Å². The van der Waals surface area contributed by atoms with Crippen LogP contribution in [-0.2, 0) is 16.6 Å². The number of piperazine rings is 1. The van der Waals surface area contributed by atoms with E-state index in [0.717, 1.165) is 5.69 Å². The van der Waals surface area contributed by atoms with Crippen LogP contribution in [0.15, 0.2) is 34.0 Å². The fourth-order valence-electron chi connectivity index (χ4n) is 4.72. The summed E-state index contributed by atoms with van der Waals surface area (Å²) < 4.78 is 20.7. The molecule has 1 aromatic carbocycles. The molecule has 3 heterocycles. The third-order valence-corrected chi connectivity index (χ3v) is 8.14. The number of rotatable bonds is 8. The summed E-state index contributed by atoms with van der Waals surface area (Å²) in [5.41, 5.74) is 1.81. The number of thioether (sulfide) groups is 1. The molecule has 0 atom stereocenters. The quantitative estimate of drug-likeness (QED) is 0.277. The van der Waals surface area contributed by atoms with Gasteiger partial charge in [0.05, 0.1) is 4.91 Å². The van der Waals surface area contributed by atoms with Crippen molar-refractivity contribution >= 4 is 51.8 Å². The molecule has 2 aliphatic rings. The third kappa shape index (κ3) is 5.62. The minimum Gasteiger partial charge on any atom is -0.382 e. The number of carbonyl (C=O) groups is 1. The maximum Gasteiger partial charge on any atom is 0.270 e. The molecule has 0 spiro atoms. The Balaban J connectivity index is 1.65. The van der Waals surface area contributed by atoms with Crippen LogP contribution in [0.4, 0.5) is 15.9 Å². The molecule has 1 amide bonds. The standard InChI is InChI=1S/C27H30FN5O3S2/c1-4-36-15-5-10-33-26(35)23(38-27(33)37)16-21-18(2)22(17-29)25(34)30(3)24(21)32-13-11-31(12-14-32)20-8-6-19(28)7-9-20/h6-9,16H,4-5,10-15H2,1-3H3. The summed E-state index contributed by atoms with van der Waals surface area (Å²) in [4.78, 5) is 32.6. The van der Waals surface area contributed by atoms with Crippen LogP contribution in [0.3, 0.4) is 0 Å². The second kappa shape index (κ2) is 12.1. The average Bonchev–Trinajstić information content (AvgIpc) is 3.18. The van der Waals surface area contributed by atoms with Crippen molar-refractivity contribution in [3.05, 3.63) is 62.0 Å². The van der Waals surface area contributed by atoms with Gasteiger partial charge in [-0.25, -0.2) is 4.39 Å². The Hall–Kier alpha value is -3.20. The van der Waals surface area contributed by atoms with Gasteiger partial charge in [0.25, 0.3) is 11.5 Å². The summed E-state index contributed by atoms with van der Waals surface area (Å²) in [5.74, 6) is 0.196. The molecule has 1 aromatic heterocycles. The van der Waals surface area contributed by atoms with E-state index in [-0.39, 0.29) is 22.8 Å². The number of anilines is 2. The number of halogens is 1. The van der Waals surface area contributed by atoms with Crippen LogP contribution in [-0.4, -0.2) is 65.6 Å². The van der Waals surface area contributed by atoms with Gasteiger partial charge in [-0.1, -0.05) is 24.0 Å². The highest BCUT2D eigenvalue weighted by molar-refractivity contribution is 8.26. The van der Waals surface area contributed by atoms with Crippen molar-refractivity contribution in [1.82, 2.24) is 9.47 Å². The number of thiocarbonyl (C=S) groups is 1. The normalized spacial score (nSPS) is 17.0. The molecule has 8 nitrogen and oxygen atoms in total. The van der Waals surface area contributed by atoms with Crippen molar-refractivity contribution in [2.45, 2.75) is 20.3 Å². The first-order valence-electron chi connectivity index (χ1n) is 12.5. The molecule has 2 saturated heterocycles. The van der Waals surface area contributed by atoms with Crippen LogP contribution < -0.4 is 15.4 Å². The van der Waals surface area contributed by atoms with Gasteiger partial charge in [0.1, 0.15) is 27.6 Å². The fourth-order valence-corrected chi connectivity index (χ4v) is 6.01. The summed E-state index contributed by atoms with van der Waals surface area (Å²) in [7, 11) is 1.65. The lowest BCUT2D eigenvalue weighted by atomic mass is 10.0. The van der Waals surface area contributed by atoms with Crippen molar-refractivity contribution in [1.29, 1.82) is 5.26 Å². The molecule has 2 aliphatic heterocycles. The minimum atomic E-state index is -0.374. The molecule has 2 aromatic rings. The first kappa shape index (κ1) is 27.8. The molecule has 0 aliphatic carbocycles. The van der Waals surface area contributed by atoms with Gasteiger partial charge >= 0.3 is 0 Å². The van der Waals surface area contributed by atoms with Crippen LogP contribution in [0.5, 0.6) is 0 Å². The van der Waals surface area contributed by atoms with Crippen molar-refractivity contribution in [3.8, 4) is 6.07 Å². The van der Waals surface area contributed by atoms with E-state index in [4.69, 9.17) is 17.0 Å². The van der Waals surface area contributed by atoms with Gasteiger partial charge in [-0.15, -0.1) is 0 Å². The van der Waals surface area contributed by atoms with E-state index < -0.39 is 0 Å². The zero-order chi connectivity index (χ0) is 27.4. The van der Waals surface area contributed by atoms with Gasteiger partial charge in [0, 0.05) is 64.2 Å².